The zero-order chi connectivity index (χ0) is 14.8. The van der Waals surface area contributed by atoms with Crippen molar-refractivity contribution in [2.45, 2.75) is 15.1 Å². The first-order valence-corrected chi connectivity index (χ1v) is 8.35. The number of rotatable bonds is 5. The average Bonchev–Trinajstić information content (AvgIpc) is 3.04. The normalized spacial score (nSPS) is 11.1. The molecule has 0 aliphatic heterocycles. The molecule has 0 radical (unpaired) electrons. The van der Waals surface area contributed by atoms with Crippen molar-refractivity contribution in [3.63, 3.8) is 0 Å². The smallest absolute Gasteiger partial charge is 0.335 e. The molecule has 21 heavy (non-hydrogen) atoms. The predicted octanol–water partition coefficient (Wildman–Crippen LogP) is 2.53. The number of carbonyl (C=O) groups is 1. The van der Waals surface area contributed by atoms with Gasteiger partial charge in [-0.25, -0.2) is 9.78 Å². The van der Waals surface area contributed by atoms with Gasteiger partial charge >= 0.3 is 5.97 Å². The monoisotopic (exact) mass is 339 g/mol. The minimum absolute atomic E-state index is 0.0540. The van der Waals surface area contributed by atoms with E-state index in [1.807, 2.05) is 0 Å². The van der Waals surface area contributed by atoms with E-state index in [-0.39, 0.29) is 12.2 Å². The van der Waals surface area contributed by atoms with E-state index in [1.165, 1.54) is 34.4 Å². The minimum atomic E-state index is -0.947. The van der Waals surface area contributed by atoms with Crippen LogP contribution in [0.15, 0.2) is 26.9 Å². The van der Waals surface area contributed by atoms with E-state index in [0.717, 1.165) is 23.9 Å². The molecule has 0 aliphatic rings. The molecule has 0 fully saturated rings. The maximum absolute atomic E-state index is 10.9. The number of nitrogens with zero attached hydrogens (tertiary/aromatic N) is 3. The highest BCUT2D eigenvalue weighted by molar-refractivity contribution is 8.02. The molecule has 0 unspecified atom stereocenters. The average molecular weight is 339 g/mol. The van der Waals surface area contributed by atoms with Crippen LogP contribution in [0.1, 0.15) is 15.4 Å². The molecular formula is C12H9N3O3S3. The summed E-state index contributed by atoms with van der Waals surface area (Å²) >= 11 is 4.25. The highest BCUT2D eigenvalue weighted by Gasteiger charge is 2.12. The van der Waals surface area contributed by atoms with Crippen LogP contribution in [0, 0.1) is 0 Å². The number of aliphatic hydroxyl groups excluding tert-OH is 1. The van der Waals surface area contributed by atoms with Crippen LogP contribution in [0.2, 0.25) is 0 Å². The van der Waals surface area contributed by atoms with Crippen molar-refractivity contribution in [2.24, 2.45) is 0 Å². The van der Waals surface area contributed by atoms with Gasteiger partial charge in [0.15, 0.2) is 8.68 Å². The number of hydrogen-bond donors (Lipinski definition) is 2. The van der Waals surface area contributed by atoms with Gasteiger partial charge in [-0.1, -0.05) is 11.3 Å². The van der Waals surface area contributed by atoms with Crippen molar-refractivity contribution in [1.29, 1.82) is 0 Å². The van der Waals surface area contributed by atoms with Gasteiger partial charge in [0.2, 0.25) is 0 Å². The molecule has 0 amide bonds. The SMILES string of the molecule is O=C(O)c1ccc2nc(Sc3nnc(CCO)s3)sc2c1. The quantitative estimate of drug-likeness (QED) is 0.737. The largest absolute Gasteiger partial charge is 0.478 e. The number of benzene rings is 1. The fourth-order valence-electron chi connectivity index (χ4n) is 1.63. The number of fused-ring (bicyclic) bond motifs is 1. The fourth-order valence-corrected chi connectivity index (χ4v) is 4.82. The van der Waals surface area contributed by atoms with Gasteiger partial charge in [0, 0.05) is 13.0 Å². The number of thiazole rings is 1. The van der Waals surface area contributed by atoms with Gasteiger partial charge in [-0.15, -0.1) is 21.5 Å². The standard InChI is InChI=1S/C12H9N3O3S3/c16-4-3-9-14-15-12(20-9)21-11-13-7-2-1-6(10(17)18)5-8(7)19-11/h1-2,5,16H,3-4H2,(H,17,18). The van der Waals surface area contributed by atoms with Crippen LogP contribution in [0.5, 0.6) is 0 Å². The third kappa shape index (κ3) is 3.21. The first kappa shape index (κ1) is 14.4. The second-order valence-corrected chi connectivity index (χ2v) is 7.59. The number of aliphatic hydroxyl groups is 1. The summed E-state index contributed by atoms with van der Waals surface area (Å²) in [6, 6.07) is 4.87. The van der Waals surface area contributed by atoms with E-state index in [4.69, 9.17) is 10.2 Å². The Labute approximate surface area is 131 Å². The Hall–Kier alpha value is -1.55. The lowest BCUT2D eigenvalue weighted by Gasteiger charge is -1.91. The molecular weight excluding hydrogens is 330 g/mol. The van der Waals surface area contributed by atoms with Gasteiger partial charge in [-0.3, -0.25) is 0 Å². The maximum Gasteiger partial charge on any atom is 0.335 e. The fraction of sp³-hybridized carbons (Fsp3) is 0.167. The molecule has 0 bridgehead atoms. The molecule has 6 nitrogen and oxygen atoms in total. The summed E-state index contributed by atoms with van der Waals surface area (Å²) in [5.74, 6) is -0.947. The molecule has 108 valence electrons. The second kappa shape index (κ2) is 6.06. The van der Waals surface area contributed by atoms with Crippen LogP contribution in [0.4, 0.5) is 0 Å². The minimum Gasteiger partial charge on any atom is -0.478 e. The molecule has 3 rings (SSSR count). The Morgan fingerprint density at radius 3 is 2.86 bits per heavy atom. The topological polar surface area (TPSA) is 96.2 Å². The van der Waals surface area contributed by atoms with Crippen LogP contribution < -0.4 is 0 Å². The molecule has 2 heterocycles. The molecule has 0 aliphatic carbocycles. The van der Waals surface area contributed by atoms with E-state index in [2.05, 4.69) is 15.2 Å². The van der Waals surface area contributed by atoms with Gasteiger partial charge in [0.05, 0.1) is 15.8 Å². The highest BCUT2D eigenvalue weighted by Crippen LogP contribution is 2.36. The van der Waals surface area contributed by atoms with Crippen molar-refractivity contribution in [3.8, 4) is 0 Å². The second-order valence-electron chi connectivity index (χ2n) is 4.00. The van der Waals surface area contributed by atoms with E-state index in [9.17, 15) is 4.79 Å². The van der Waals surface area contributed by atoms with E-state index in [1.54, 1.807) is 18.2 Å². The first-order valence-electron chi connectivity index (χ1n) is 5.90. The Morgan fingerprint density at radius 2 is 2.10 bits per heavy atom. The molecule has 2 aromatic heterocycles. The summed E-state index contributed by atoms with van der Waals surface area (Å²) in [5, 5.41) is 26.6. The third-order valence-corrected chi connectivity index (χ3v) is 5.68. The van der Waals surface area contributed by atoms with E-state index in [0.29, 0.717) is 6.42 Å². The first-order chi connectivity index (χ1) is 10.2. The summed E-state index contributed by atoms with van der Waals surface area (Å²) in [6.45, 7) is 0.0540. The molecule has 3 aromatic rings. The Kier molecular flexibility index (Phi) is 4.15. The van der Waals surface area contributed by atoms with Crippen molar-refractivity contribution in [3.05, 3.63) is 28.8 Å². The number of carboxylic acid groups (broad SMARTS) is 1. The van der Waals surface area contributed by atoms with Crippen molar-refractivity contribution >= 4 is 50.6 Å². The van der Waals surface area contributed by atoms with Crippen LogP contribution in [0.3, 0.4) is 0 Å². The van der Waals surface area contributed by atoms with Gasteiger partial charge in [-0.2, -0.15) is 0 Å². The van der Waals surface area contributed by atoms with Gasteiger partial charge in [0.25, 0.3) is 0 Å². The van der Waals surface area contributed by atoms with E-state index >= 15 is 0 Å². The number of hydrogen-bond acceptors (Lipinski definition) is 8. The van der Waals surface area contributed by atoms with Gasteiger partial charge in [-0.05, 0) is 30.0 Å². The van der Waals surface area contributed by atoms with Crippen molar-refractivity contribution in [1.82, 2.24) is 15.2 Å². The number of carboxylic acids is 1. The Bertz CT molecular complexity index is 799. The van der Waals surface area contributed by atoms with Gasteiger partial charge < -0.3 is 10.2 Å². The van der Waals surface area contributed by atoms with Crippen molar-refractivity contribution in [2.75, 3.05) is 6.61 Å². The highest BCUT2D eigenvalue weighted by atomic mass is 32.2. The molecule has 0 atom stereocenters. The Morgan fingerprint density at radius 1 is 1.24 bits per heavy atom. The molecule has 0 spiro atoms. The van der Waals surface area contributed by atoms with Crippen LogP contribution >= 0.6 is 34.4 Å². The summed E-state index contributed by atoms with van der Waals surface area (Å²) < 4.78 is 2.38. The lowest BCUT2D eigenvalue weighted by atomic mass is 10.2. The molecule has 9 heteroatoms. The summed E-state index contributed by atoms with van der Waals surface area (Å²) in [7, 11) is 0. The predicted molar refractivity (Wildman–Crippen MR) is 81.4 cm³/mol. The van der Waals surface area contributed by atoms with Crippen LogP contribution in [-0.2, 0) is 6.42 Å². The molecule has 0 saturated carbocycles. The number of aromatic nitrogens is 3. The lowest BCUT2D eigenvalue weighted by molar-refractivity contribution is 0.0697. The zero-order valence-electron chi connectivity index (χ0n) is 10.5. The Balaban J connectivity index is 1.84. The third-order valence-electron chi connectivity index (χ3n) is 2.56. The van der Waals surface area contributed by atoms with Gasteiger partial charge in [0.1, 0.15) is 5.01 Å². The summed E-state index contributed by atoms with van der Waals surface area (Å²) in [6.07, 6.45) is 0.500. The van der Waals surface area contributed by atoms with Crippen LogP contribution in [0.25, 0.3) is 10.2 Å². The maximum atomic E-state index is 10.9. The van der Waals surface area contributed by atoms with Crippen molar-refractivity contribution < 1.29 is 15.0 Å². The zero-order valence-corrected chi connectivity index (χ0v) is 13.0. The summed E-state index contributed by atoms with van der Waals surface area (Å²) in [4.78, 5) is 15.4. The summed E-state index contributed by atoms with van der Waals surface area (Å²) in [5.41, 5.74) is 1.02. The number of aromatic carboxylic acids is 1. The molecule has 0 saturated heterocycles. The van der Waals surface area contributed by atoms with E-state index < -0.39 is 5.97 Å². The lowest BCUT2D eigenvalue weighted by Crippen LogP contribution is -1.94. The molecule has 1 aromatic carbocycles. The van der Waals surface area contributed by atoms with Crippen LogP contribution in [-0.4, -0.2) is 38.0 Å². The molecule has 2 N–H and O–H groups in total.